The highest BCUT2D eigenvalue weighted by atomic mass is 32.2. The van der Waals surface area contributed by atoms with Crippen LogP contribution in [0.25, 0.3) is 0 Å². The Morgan fingerprint density at radius 3 is 2.65 bits per heavy atom. The fraction of sp³-hybridized carbons (Fsp3) is 0.611. The van der Waals surface area contributed by atoms with Crippen LogP contribution in [0.15, 0.2) is 24.3 Å². The molecule has 5 heteroatoms. The average molecular weight is 334 g/mol. The molecule has 3 rings (SSSR count). The molecular weight excluding hydrogens is 308 g/mol. The summed E-state index contributed by atoms with van der Waals surface area (Å²) in [5.74, 6) is 0.670. The van der Waals surface area contributed by atoms with Crippen LogP contribution in [0.2, 0.25) is 0 Å². The van der Waals surface area contributed by atoms with E-state index < -0.39 is 0 Å². The first-order valence-electron chi connectivity index (χ1n) is 8.54. The second kappa shape index (κ2) is 8.06. The van der Waals surface area contributed by atoms with E-state index in [1.54, 1.807) is 18.9 Å². The van der Waals surface area contributed by atoms with Crippen LogP contribution in [-0.4, -0.2) is 43.2 Å². The van der Waals surface area contributed by atoms with E-state index >= 15 is 0 Å². The Bertz CT molecular complexity index is 514. The number of nitrogens with zero attached hydrogens (tertiary/aromatic N) is 1. The van der Waals surface area contributed by atoms with Crippen molar-refractivity contribution in [1.29, 1.82) is 0 Å². The Labute approximate surface area is 143 Å². The summed E-state index contributed by atoms with van der Waals surface area (Å²) in [5, 5.41) is 3.69. The number of thioether (sulfide) groups is 1. The van der Waals surface area contributed by atoms with Crippen molar-refractivity contribution in [2.24, 2.45) is 0 Å². The molecule has 1 aromatic carbocycles. The second-order valence-electron chi connectivity index (χ2n) is 6.40. The summed E-state index contributed by atoms with van der Waals surface area (Å²) in [6.45, 7) is 1.97. The molecule has 2 aliphatic rings. The lowest BCUT2D eigenvalue weighted by atomic mass is 10.2. The highest BCUT2D eigenvalue weighted by Gasteiger charge is 2.22. The van der Waals surface area contributed by atoms with Gasteiger partial charge in [-0.3, -0.25) is 4.79 Å². The Balaban J connectivity index is 1.46. The standard InChI is InChI=1S/C18H26N2O2S/c1-22-16-10-11-20(12-16)15-8-6-14(7-9-15)19-18(21)13-23-17-4-2-3-5-17/h6-9,16-17H,2-5,10-13H2,1H3,(H,19,21)/t16-/m1/s1. The molecule has 1 aliphatic carbocycles. The van der Waals surface area contributed by atoms with E-state index in [0.29, 0.717) is 17.1 Å². The summed E-state index contributed by atoms with van der Waals surface area (Å²) in [6.07, 6.45) is 6.59. The van der Waals surface area contributed by atoms with Crippen molar-refractivity contribution < 1.29 is 9.53 Å². The minimum Gasteiger partial charge on any atom is -0.380 e. The number of carbonyl (C=O) groups excluding carboxylic acids is 1. The molecular formula is C18H26N2O2S. The minimum absolute atomic E-state index is 0.107. The van der Waals surface area contributed by atoms with Gasteiger partial charge in [0.1, 0.15) is 0 Å². The lowest BCUT2D eigenvalue weighted by Crippen LogP contribution is -2.22. The maximum atomic E-state index is 12.0. The van der Waals surface area contributed by atoms with Gasteiger partial charge in [-0.1, -0.05) is 12.8 Å². The Kier molecular flexibility index (Phi) is 5.84. The van der Waals surface area contributed by atoms with Crippen molar-refractivity contribution >= 4 is 29.0 Å². The molecule has 126 valence electrons. The molecule has 0 bridgehead atoms. The zero-order valence-electron chi connectivity index (χ0n) is 13.8. The minimum atomic E-state index is 0.107. The predicted molar refractivity (Wildman–Crippen MR) is 97.4 cm³/mol. The molecule has 1 aromatic rings. The molecule has 0 spiro atoms. The Morgan fingerprint density at radius 2 is 2.00 bits per heavy atom. The summed E-state index contributed by atoms with van der Waals surface area (Å²) >= 11 is 1.80. The largest absolute Gasteiger partial charge is 0.380 e. The van der Waals surface area contributed by atoms with E-state index in [4.69, 9.17) is 4.74 Å². The van der Waals surface area contributed by atoms with Crippen molar-refractivity contribution in [1.82, 2.24) is 0 Å². The van der Waals surface area contributed by atoms with E-state index in [-0.39, 0.29) is 5.91 Å². The maximum absolute atomic E-state index is 12.0. The number of ether oxygens (including phenoxy) is 1. The maximum Gasteiger partial charge on any atom is 0.234 e. The van der Waals surface area contributed by atoms with Gasteiger partial charge in [0.05, 0.1) is 11.9 Å². The number of hydrogen-bond acceptors (Lipinski definition) is 4. The predicted octanol–water partition coefficient (Wildman–Crippen LogP) is 3.53. The zero-order valence-corrected chi connectivity index (χ0v) is 14.6. The molecule has 2 fully saturated rings. The molecule has 0 radical (unpaired) electrons. The highest BCUT2D eigenvalue weighted by Crippen LogP contribution is 2.29. The van der Waals surface area contributed by atoms with Crippen molar-refractivity contribution in [3.63, 3.8) is 0 Å². The van der Waals surface area contributed by atoms with Crippen LogP contribution in [-0.2, 0) is 9.53 Å². The molecule has 4 nitrogen and oxygen atoms in total. The van der Waals surface area contributed by atoms with Gasteiger partial charge in [0, 0.05) is 36.8 Å². The van der Waals surface area contributed by atoms with Gasteiger partial charge in [0.25, 0.3) is 0 Å². The molecule has 1 aliphatic heterocycles. The smallest absolute Gasteiger partial charge is 0.234 e. The van der Waals surface area contributed by atoms with E-state index in [1.807, 2.05) is 12.1 Å². The molecule has 0 unspecified atom stereocenters. The van der Waals surface area contributed by atoms with Crippen LogP contribution in [0.3, 0.4) is 0 Å². The van der Waals surface area contributed by atoms with Crippen LogP contribution in [0.4, 0.5) is 11.4 Å². The van der Waals surface area contributed by atoms with Gasteiger partial charge in [-0.25, -0.2) is 0 Å². The van der Waals surface area contributed by atoms with Crippen LogP contribution < -0.4 is 10.2 Å². The van der Waals surface area contributed by atoms with Gasteiger partial charge in [0.2, 0.25) is 5.91 Å². The van der Waals surface area contributed by atoms with Gasteiger partial charge in [0.15, 0.2) is 0 Å². The number of anilines is 2. The molecule has 1 atom stereocenters. The first kappa shape index (κ1) is 16.7. The molecule has 0 aromatic heterocycles. The molecule has 1 saturated heterocycles. The lowest BCUT2D eigenvalue weighted by Gasteiger charge is -2.18. The quantitative estimate of drug-likeness (QED) is 0.864. The number of nitrogens with one attached hydrogen (secondary N) is 1. The average Bonchev–Trinajstić information content (AvgIpc) is 3.25. The lowest BCUT2D eigenvalue weighted by molar-refractivity contribution is -0.113. The Hall–Kier alpha value is -1.20. The summed E-state index contributed by atoms with van der Waals surface area (Å²) < 4.78 is 5.41. The monoisotopic (exact) mass is 334 g/mol. The summed E-state index contributed by atoms with van der Waals surface area (Å²) in [5.41, 5.74) is 2.08. The van der Waals surface area contributed by atoms with E-state index in [1.165, 1.54) is 31.4 Å². The molecule has 1 heterocycles. The number of hydrogen-bond donors (Lipinski definition) is 1. The summed E-state index contributed by atoms with van der Waals surface area (Å²) in [6, 6.07) is 8.15. The van der Waals surface area contributed by atoms with E-state index in [0.717, 1.165) is 25.2 Å². The van der Waals surface area contributed by atoms with Gasteiger partial charge < -0.3 is 15.0 Å². The molecule has 1 saturated carbocycles. The van der Waals surface area contributed by atoms with E-state index in [2.05, 4.69) is 22.3 Å². The Morgan fingerprint density at radius 1 is 1.26 bits per heavy atom. The second-order valence-corrected chi connectivity index (χ2v) is 7.69. The van der Waals surface area contributed by atoms with Crippen LogP contribution in [0.5, 0.6) is 0 Å². The third kappa shape index (κ3) is 4.64. The SMILES string of the molecule is CO[C@@H]1CCN(c2ccc(NC(=O)CSC3CCCC3)cc2)C1. The van der Waals surface area contributed by atoms with E-state index in [9.17, 15) is 4.79 Å². The first-order valence-corrected chi connectivity index (χ1v) is 9.59. The highest BCUT2D eigenvalue weighted by molar-refractivity contribution is 8.00. The molecule has 1 amide bonds. The number of methoxy groups -OCH3 is 1. The third-order valence-corrected chi connectivity index (χ3v) is 6.12. The normalized spacial score (nSPS) is 21.8. The van der Waals surface area contributed by atoms with Crippen molar-refractivity contribution in [3.05, 3.63) is 24.3 Å². The zero-order chi connectivity index (χ0) is 16.1. The molecule has 23 heavy (non-hydrogen) atoms. The van der Waals surface area contributed by atoms with Crippen molar-refractivity contribution in [2.75, 3.05) is 36.2 Å². The summed E-state index contributed by atoms with van der Waals surface area (Å²) in [4.78, 5) is 14.4. The first-order chi connectivity index (χ1) is 11.2. The number of carbonyl (C=O) groups is 1. The third-order valence-electron chi connectivity index (χ3n) is 4.75. The molecule has 1 N–H and O–H groups in total. The van der Waals surface area contributed by atoms with Crippen LogP contribution in [0.1, 0.15) is 32.1 Å². The number of benzene rings is 1. The van der Waals surface area contributed by atoms with Crippen molar-refractivity contribution in [2.45, 2.75) is 43.5 Å². The number of rotatable bonds is 6. The fourth-order valence-electron chi connectivity index (χ4n) is 3.36. The van der Waals surface area contributed by atoms with Gasteiger partial charge in [-0.05, 0) is 43.5 Å². The van der Waals surface area contributed by atoms with Gasteiger partial charge in [-0.15, -0.1) is 11.8 Å². The van der Waals surface area contributed by atoms with Gasteiger partial charge in [-0.2, -0.15) is 0 Å². The van der Waals surface area contributed by atoms with Crippen LogP contribution >= 0.6 is 11.8 Å². The number of amides is 1. The van der Waals surface area contributed by atoms with Crippen molar-refractivity contribution in [3.8, 4) is 0 Å². The topological polar surface area (TPSA) is 41.6 Å². The van der Waals surface area contributed by atoms with Gasteiger partial charge >= 0.3 is 0 Å². The van der Waals surface area contributed by atoms with Crippen LogP contribution in [0, 0.1) is 0 Å². The summed E-state index contributed by atoms with van der Waals surface area (Å²) in [7, 11) is 1.77. The fourth-order valence-corrected chi connectivity index (χ4v) is 4.48.